The number of ether oxygens (including phenoxy) is 1. The topological polar surface area (TPSA) is 21.3 Å². The lowest BCUT2D eigenvalue weighted by Crippen LogP contribution is -2.40. The van der Waals surface area contributed by atoms with Crippen molar-refractivity contribution in [2.75, 3.05) is 19.8 Å². The molecule has 0 saturated heterocycles. The van der Waals surface area contributed by atoms with E-state index >= 15 is 0 Å². The molecule has 0 aliphatic rings. The summed E-state index contributed by atoms with van der Waals surface area (Å²) in [6.45, 7) is 9.43. The van der Waals surface area contributed by atoms with E-state index in [-0.39, 0.29) is 12.1 Å². The van der Waals surface area contributed by atoms with E-state index in [1.807, 2.05) is 20.8 Å². The van der Waals surface area contributed by atoms with Crippen molar-refractivity contribution in [3.63, 3.8) is 0 Å². The Labute approximate surface area is 87.2 Å². The molecule has 0 saturated carbocycles. The molecule has 1 unspecified atom stereocenters. The van der Waals surface area contributed by atoms with Crippen molar-refractivity contribution in [3.05, 3.63) is 0 Å². The maximum Gasteiger partial charge on any atom is 0.136 e. The number of hydrogen-bond donors (Lipinski definition) is 1. The van der Waals surface area contributed by atoms with Gasteiger partial charge in [0, 0.05) is 18.7 Å². The van der Waals surface area contributed by atoms with Crippen molar-refractivity contribution in [1.82, 2.24) is 5.32 Å². The highest BCUT2D eigenvalue weighted by molar-refractivity contribution is 4.72. The lowest BCUT2D eigenvalue weighted by molar-refractivity contribution is 0.0759. The Balaban J connectivity index is 3.32. The van der Waals surface area contributed by atoms with Gasteiger partial charge in [-0.05, 0) is 27.2 Å². The minimum atomic E-state index is -0.897. The first-order chi connectivity index (χ1) is 6.45. The molecule has 1 atom stereocenters. The second-order valence-corrected chi connectivity index (χ2v) is 4.66. The van der Waals surface area contributed by atoms with E-state index in [0.717, 1.165) is 12.8 Å². The van der Waals surface area contributed by atoms with Crippen molar-refractivity contribution >= 4 is 0 Å². The summed E-state index contributed by atoms with van der Waals surface area (Å²) in [6, 6.07) is 0. The molecular formula is C11H24FNO. The zero-order valence-electron chi connectivity index (χ0n) is 9.90. The van der Waals surface area contributed by atoms with Crippen LogP contribution in [0.1, 0.15) is 40.5 Å². The summed E-state index contributed by atoms with van der Waals surface area (Å²) >= 11 is 0. The normalized spacial score (nSPS) is 14.4. The van der Waals surface area contributed by atoms with Gasteiger partial charge in [0.1, 0.15) is 6.17 Å². The number of unbranched alkanes of at least 4 members (excludes halogenated alkanes) is 1. The van der Waals surface area contributed by atoms with Gasteiger partial charge >= 0.3 is 0 Å². The lowest BCUT2D eigenvalue weighted by Gasteiger charge is -2.21. The fourth-order valence-corrected chi connectivity index (χ4v) is 0.933. The van der Waals surface area contributed by atoms with Gasteiger partial charge in [0.25, 0.3) is 0 Å². The van der Waals surface area contributed by atoms with Crippen LogP contribution in [0.2, 0.25) is 0 Å². The summed E-state index contributed by atoms with van der Waals surface area (Å²) in [7, 11) is 0. The van der Waals surface area contributed by atoms with Crippen LogP contribution in [0.5, 0.6) is 0 Å². The molecule has 0 bridgehead atoms. The van der Waals surface area contributed by atoms with Crippen LogP contribution >= 0.6 is 0 Å². The van der Waals surface area contributed by atoms with Crippen molar-refractivity contribution < 1.29 is 9.13 Å². The summed E-state index contributed by atoms with van der Waals surface area (Å²) in [5, 5.41) is 3.11. The molecule has 14 heavy (non-hydrogen) atoms. The average Bonchev–Trinajstić information content (AvgIpc) is 2.08. The Morgan fingerprint density at radius 1 is 1.36 bits per heavy atom. The second kappa shape index (κ2) is 7.18. The number of nitrogens with one attached hydrogen (secondary N) is 1. The van der Waals surface area contributed by atoms with Crippen LogP contribution in [0.4, 0.5) is 4.39 Å². The van der Waals surface area contributed by atoms with E-state index in [0.29, 0.717) is 13.2 Å². The largest absolute Gasteiger partial charge is 0.378 e. The molecule has 0 heterocycles. The Morgan fingerprint density at radius 2 is 2.00 bits per heavy atom. The Morgan fingerprint density at radius 3 is 2.50 bits per heavy atom. The van der Waals surface area contributed by atoms with E-state index in [1.54, 1.807) is 0 Å². The Kier molecular flexibility index (Phi) is 7.11. The highest BCUT2D eigenvalue weighted by Crippen LogP contribution is 2.00. The summed E-state index contributed by atoms with van der Waals surface area (Å²) < 4.78 is 18.4. The molecule has 0 aromatic carbocycles. The predicted octanol–water partition coefficient (Wildman–Crippen LogP) is 2.53. The highest BCUT2D eigenvalue weighted by atomic mass is 19.1. The molecule has 0 amide bonds. The summed E-state index contributed by atoms with van der Waals surface area (Å²) in [5.74, 6) is 0. The average molecular weight is 205 g/mol. The third kappa shape index (κ3) is 9.93. The zero-order valence-corrected chi connectivity index (χ0v) is 9.90. The third-order valence-corrected chi connectivity index (χ3v) is 1.79. The Bertz CT molecular complexity index is 134. The lowest BCUT2D eigenvalue weighted by atomic mass is 10.1. The first kappa shape index (κ1) is 13.8. The van der Waals surface area contributed by atoms with E-state index < -0.39 is 6.17 Å². The van der Waals surface area contributed by atoms with Crippen molar-refractivity contribution in [3.8, 4) is 0 Å². The third-order valence-electron chi connectivity index (χ3n) is 1.79. The number of hydrogen-bond acceptors (Lipinski definition) is 2. The second-order valence-electron chi connectivity index (χ2n) is 4.66. The molecule has 0 aromatic heterocycles. The monoisotopic (exact) mass is 205 g/mol. The predicted molar refractivity (Wildman–Crippen MR) is 58.4 cm³/mol. The van der Waals surface area contributed by atoms with Crippen LogP contribution in [0.3, 0.4) is 0 Å². The van der Waals surface area contributed by atoms with Gasteiger partial charge in [0.2, 0.25) is 0 Å². The quantitative estimate of drug-likeness (QED) is 0.645. The molecule has 0 rings (SSSR count). The van der Waals surface area contributed by atoms with Gasteiger partial charge in [0.15, 0.2) is 0 Å². The molecule has 0 aromatic rings. The van der Waals surface area contributed by atoms with E-state index in [2.05, 4.69) is 12.2 Å². The number of halogens is 1. The smallest absolute Gasteiger partial charge is 0.136 e. The fraction of sp³-hybridized carbons (Fsp3) is 1.00. The molecule has 0 radical (unpaired) electrons. The highest BCUT2D eigenvalue weighted by Gasteiger charge is 2.13. The van der Waals surface area contributed by atoms with E-state index in [9.17, 15) is 4.39 Å². The minimum Gasteiger partial charge on any atom is -0.378 e. The molecule has 3 heteroatoms. The summed E-state index contributed by atoms with van der Waals surface area (Å²) in [6.07, 6.45) is 1.21. The van der Waals surface area contributed by atoms with Gasteiger partial charge in [-0.1, -0.05) is 13.3 Å². The van der Waals surface area contributed by atoms with Gasteiger partial charge < -0.3 is 10.1 Å². The fourth-order valence-electron chi connectivity index (χ4n) is 0.933. The standard InChI is InChI=1S/C11H24FNO/c1-5-6-7-14-9-10(12)8-13-11(2,3)4/h10,13H,5-9H2,1-4H3. The van der Waals surface area contributed by atoms with Gasteiger partial charge in [-0.3, -0.25) is 0 Å². The van der Waals surface area contributed by atoms with E-state index in [1.165, 1.54) is 0 Å². The van der Waals surface area contributed by atoms with Gasteiger partial charge in [-0.25, -0.2) is 4.39 Å². The maximum atomic E-state index is 13.2. The molecule has 0 fully saturated rings. The summed E-state index contributed by atoms with van der Waals surface area (Å²) in [5.41, 5.74) is -0.0201. The number of rotatable bonds is 7. The molecule has 0 aliphatic carbocycles. The summed E-state index contributed by atoms with van der Waals surface area (Å²) in [4.78, 5) is 0. The van der Waals surface area contributed by atoms with Crippen LogP contribution < -0.4 is 5.32 Å². The maximum absolute atomic E-state index is 13.2. The molecule has 0 aliphatic heterocycles. The van der Waals surface area contributed by atoms with Gasteiger partial charge in [0.05, 0.1) is 6.61 Å². The molecule has 1 N–H and O–H groups in total. The van der Waals surface area contributed by atoms with Crippen molar-refractivity contribution in [1.29, 1.82) is 0 Å². The van der Waals surface area contributed by atoms with Crippen LogP contribution in [-0.4, -0.2) is 31.5 Å². The number of alkyl halides is 1. The molecular weight excluding hydrogens is 181 g/mol. The van der Waals surface area contributed by atoms with Crippen LogP contribution in [0.15, 0.2) is 0 Å². The zero-order chi connectivity index (χ0) is 11.0. The minimum absolute atomic E-state index is 0.0201. The first-order valence-corrected chi connectivity index (χ1v) is 5.42. The van der Waals surface area contributed by atoms with Crippen LogP contribution in [0, 0.1) is 0 Å². The van der Waals surface area contributed by atoms with E-state index in [4.69, 9.17) is 4.74 Å². The van der Waals surface area contributed by atoms with Crippen molar-refractivity contribution in [2.45, 2.75) is 52.2 Å². The van der Waals surface area contributed by atoms with Crippen LogP contribution in [0.25, 0.3) is 0 Å². The van der Waals surface area contributed by atoms with Gasteiger partial charge in [-0.15, -0.1) is 0 Å². The van der Waals surface area contributed by atoms with Gasteiger partial charge in [-0.2, -0.15) is 0 Å². The molecule has 86 valence electrons. The SMILES string of the molecule is CCCCOCC(F)CNC(C)(C)C. The first-order valence-electron chi connectivity index (χ1n) is 5.42. The molecule has 2 nitrogen and oxygen atoms in total. The molecule has 0 spiro atoms. The van der Waals surface area contributed by atoms with Crippen molar-refractivity contribution in [2.24, 2.45) is 0 Å². The van der Waals surface area contributed by atoms with Crippen LogP contribution in [-0.2, 0) is 4.74 Å². The Hall–Kier alpha value is -0.150.